The van der Waals surface area contributed by atoms with Gasteiger partial charge in [0, 0.05) is 19.0 Å². The molecule has 1 aromatic rings. The topological polar surface area (TPSA) is 83.6 Å². The van der Waals surface area contributed by atoms with E-state index < -0.39 is 5.91 Å². The number of nitrogens with zero attached hydrogens (tertiary/aromatic N) is 1. The number of aryl methyl sites for hydroxylation is 1. The lowest BCUT2D eigenvalue weighted by Crippen LogP contribution is -2.35. The van der Waals surface area contributed by atoms with Crippen LogP contribution in [0.15, 0.2) is 18.2 Å². The molecule has 0 aromatic heterocycles. The zero-order valence-corrected chi connectivity index (χ0v) is 11.6. The van der Waals surface area contributed by atoms with E-state index in [0.717, 1.165) is 5.56 Å². The van der Waals surface area contributed by atoms with E-state index in [-0.39, 0.29) is 19.1 Å². The molecule has 106 valence electrons. The van der Waals surface area contributed by atoms with E-state index in [4.69, 9.17) is 10.8 Å². The van der Waals surface area contributed by atoms with Crippen LogP contribution in [0.2, 0.25) is 0 Å². The van der Waals surface area contributed by atoms with Crippen LogP contribution in [0.4, 0.5) is 0 Å². The van der Waals surface area contributed by atoms with Gasteiger partial charge in [-0.15, -0.1) is 0 Å². The average molecular weight is 274 g/mol. The van der Waals surface area contributed by atoms with E-state index in [1.165, 1.54) is 11.9 Å². The Morgan fingerprint density at radius 3 is 2.70 bits per heavy atom. The van der Waals surface area contributed by atoms with Gasteiger partial charge in [0.25, 0.3) is 5.91 Å². The third-order valence-corrected chi connectivity index (χ3v) is 2.61. The number of rotatable bonds is 4. The quantitative estimate of drug-likeness (QED) is 0.774. The highest BCUT2D eigenvalue weighted by Crippen LogP contribution is 2.13. The third-order valence-electron chi connectivity index (χ3n) is 2.61. The van der Waals surface area contributed by atoms with Crippen LogP contribution in [0, 0.1) is 18.8 Å². The van der Waals surface area contributed by atoms with Crippen molar-refractivity contribution in [3.05, 3.63) is 34.9 Å². The number of benzene rings is 1. The molecule has 0 radical (unpaired) electrons. The summed E-state index contributed by atoms with van der Waals surface area (Å²) in [7, 11) is 1.51. The van der Waals surface area contributed by atoms with E-state index in [2.05, 4.69) is 11.8 Å². The Bertz CT molecular complexity index is 570. The van der Waals surface area contributed by atoms with Gasteiger partial charge in [0.1, 0.15) is 0 Å². The van der Waals surface area contributed by atoms with Crippen LogP contribution in [0.25, 0.3) is 0 Å². The minimum atomic E-state index is -0.568. The summed E-state index contributed by atoms with van der Waals surface area (Å²) in [5.74, 6) is 4.77. The number of carbonyl (C=O) groups excluding carboxylic acids is 2. The first-order valence-corrected chi connectivity index (χ1v) is 6.20. The minimum absolute atomic E-state index is 0.0241. The van der Waals surface area contributed by atoms with Gasteiger partial charge >= 0.3 is 0 Å². The van der Waals surface area contributed by atoms with Gasteiger partial charge in [-0.25, -0.2) is 0 Å². The maximum atomic E-state index is 12.3. The average Bonchev–Trinajstić information content (AvgIpc) is 2.39. The van der Waals surface area contributed by atoms with Crippen molar-refractivity contribution >= 4 is 11.8 Å². The number of hydrogen-bond acceptors (Lipinski definition) is 3. The highest BCUT2D eigenvalue weighted by molar-refractivity contribution is 5.98. The predicted molar refractivity (Wildman–Crippen MR) is 75.9 cm³/mol. The van der Waals surface area contributed by atoms with Crippen molar-refractivity contribution in [3.63, 3.8) is 0 Å². The van der Waals surface area contributed by atoms with Crippen molar-refractivity contribution in [3.8, 4) is 11.8 Å². The monoisotopic (exact) mass is 274 g/mol. The van der Waals surface area contributed by atoms with Gasteiger partial charge in [0.15, 0.2) is 0 Å². The molecule has 20 heavy (non-hydrogen) atoms. The molecule has 0 saturated heterocycles. The molecule has 3 N–H and O–H groups in total. The van der Waals surface area contributed by atoms with Crippen LogP contribution in [-0.4, -0.2) is 42.0 Å². The van der Waals surface area contributed by atoms with Crippen molar-refractivity contribution < 1.29 is 14.7 Å². The van der Waals surface area contributed by atoms with E-state index in [1.54, 1.807) is 12.1 Å². The van der Waals surface area contributed by atoms with Gasteiger partial charge in [-0.3, -0.25) is 9.59 Å². The molecule has 5 heteroatoms. The van der Waals surface area contributed by atoms with Crippen molar-refractivity contribution in [2.24, 2.45) is 5.73 Å². The van der Waals surface area contributed by atoms with Gasteiger partial charge in [-0.1, -0.05) is 23.5 Å². The highest BCUT2D eigenvalue weighted by Gasteiger charge is 2.16. The second-order valence-electron chi connectivity index (χ2n) is 4.45. The molecule has 0 heterocycles. The maximum absolute atomic E-state index is 12.3. The van der Waals surface area contributed by atoms with Crippen molar-refractivity contribution in [2.75, 3.05) is 20.2 Å². The largest absolute Gasteiger partial charge is 0.395 e. The Kier molecular flexibility index (Phi) is 5.75. The molecule has 5 nitrogen and oxygen atoms in total. The number of aliphatic hydroxyl groups is 1. The summed E-state index contributed by atoms with van der Waals surface area (Å²) in [4.78, 5) is 24.4. The van der Waals surface area contributed by atoms with Gasteiger partial charge in [-0.05, 0) is 19.1 Å². The van der Waals surface area contributed by atoms with Gasteiger partial charge in [-0.2, -0.15) is 0 Å². The summed E-state index contributed by atoms with van der Waals surface area (Å²) in [6, 6.07) is 5.33. The van der Waals surface area contributed by atoms with Crippen LogP contribution in [0.3, 0.4) is 0 Å². The molecule has 1 aromatic carbocycles. The Hall–Kier alpha value is -2.32. The zero-order valence-electron chi connectivity index (χ0n) is 11.6. The second-order valence-corrected chi connectivity index (χ2v) is 4.45. The Labute approximate surface area is 118 Å². The third kappa shape index (κ3) is 4.41. The molecule has 0 atom stereocenters. The Morgan fingerprint density at radius 1 is 1.40 bits per heavy atom. The van der Waals surface area contributed by atoms with E-state index >= 15 is 0 Å². The predicted octanol–water partition coefficient (Wildman–Crippen LogP) is 0.286. The molecule has 0 aliphatic rings. The fraction of sp³-hybridized carbons (Fsp3) is 0.333. The van der Waals surface area contributed by atoms with E-state index in [1.807, 2.05) is 13.0 Å². The van der Waals surface area contributed by atoms with Crippen LogP contribution in [0.5, 0.6) is 0 Å². The molecule has 0 bridgehead atoms. The summed E-state index contributed by atoms with van der Waals surface area (Å²) in [6.45, 7) is 1.70. The van der Waals surface area contributed by atoms with Crippen LogP contribution < -0.4 is 5.73 Å². The lowest BCUT2D eigenvalue weighted by molar-refractivity contribution is -0.118. The molecule has 0 fully saturated rings. The molecule has 0 unspecified atom stereocenters. The summed E-state index contributed by atoms with van der Waals surface area (Å²) in [6.07, 6.45) is 0.346. The van der Waals surface area contributed by atoms with Crippen molar-refractivity contribution in [1.29, 1.82) is 0 Å². The summed E-state index contributed by atoms with van der Waals surface area (Å²) >= 11 is 0. The van der Waals surface area contributed by atoms with Crippen LogP contribution in [0.1, 0.15) is 27.9 Å². The van der Waals surface area contributed by atoms with E-state index in [0.29, 0.717) is 17.5 Å². The molecule has 1 rings (SSSR count). The van der Waals surface area contributed by atoms with Gasteiger partial charge in [0.05, 0.1) is 18.7 Å². The Morgan fingerprint density at radius 2 is 2.10 bits per heavy atom. The van der Waals surface area contributed by atoms with E-state index in [9.17, 15) is 9.59 Å². The summed E-state index contributed by atoms with van der Waals surface area (Å²) in [5, 5.41) is 8.73. The summed E-state index contributed by atoms with van der Waals surface area (Å²) in [5.41, 5.74) is 7.02. The van der Waals surface area contributed by atoms with Crippen molar-refractivity contribution in [1.82, 2.24) is 4.90 Å². The van der Waals surface area contributed by atoms with Gasteiger partial charge < -0.3 is 15.7 Å². The van der Waals surface area contributed by atoms with Gasteiger partial charge in [0.2, 0.25) is 5.91 Å². The minimum Gasteiger partial charge on any atom is -0.395 e. The number of likely N-dealkylation sites (N-methyl/N-ethyl adjacent to an activating group) is 1. The summed E-state index contributed by atoms with van der Waals surface area (Å²) < 4.78 is 0. The number of hydrogen-bond donors (Lipinski definition) is 2. The normalized spacial score (nSPS) is 9.55. The molecule has 0 saturated carbocycles. The maximum Gasteiger partial charge on any atom is 0.255 e. The number of amides is 2. The first-order chi connectivity index (χ1) is 9.45. The van der Waals surface area contributed by atoms with Crippen LogP contribution in [-0.2, 0) is 4.79 Å². The Balaban J connectivity index is 3.09. The molecular formula is C15H18N2O3. The number of aliphatic hydroxyl groups excluding tert-OH is 1. The second kappa shape index (κ2) is 7.31. The van der Waals surface area contributed by atoms with Crippen LogP contribution >= 0.6 is 0 Å². The highest BCUT2D eigenvalue weighted by atomic mass is 16.2. The zero-order chi connectivity index (χ0) is 15.1. The first kappa shape index (κ1) is 15.7. The molecular weight excluding hydrogens is 256 g/mol. The first-order valence-electron chi connectivity index (χ1n) is 6.20. The fourth-order valence-corrected chi connectivity index (χ4v) is 1.67. The number of nitrogens with two attached hydrogens (primary N) is 1. The smallest absolute Gasteiger partial charge is 0.255 e. The SMILES string of the molecule is Cc1ccc(C#CCCO)c(C(=O)N(C)CC(N)=O)c1. The standard InChI is InChI=1S/C15H18N2O3/c1-11-6-7-12(5-3-4-8-18)13(9-11)15(20)17(2)10-14(16)19/h6-7,9,18H,4,8,10H2,1-2H3,(H2,16,19). The molecule has 2 amide bonds. The fourth-order valence-electron chi connectivity index (χ4n) is 1.67. The molecule has 0 aliphatic heterocycles. The number of carbonyl (C=O) groups is 2. The lowest BCUT2D eigenvalue weighted by Gasteiger charge is -2.16. The molecule has 0 spiro atoms. The number of primary amides is 1. The van der Waals surface area contributed by atoms with Crippen molar-refractivity contribution in [2.45, 2.75) is 13.3 Å². The lowest BCUT2D eigenvalue weighted by atomic mass is 10.0. The molecule has 0 aliphatic carbocycles.